The number of rotatable bonds is 10. The maximum absolute atomic E-state index is 2.37. The van der Waals surface area contributed by atoms with Gasteiger partial charge in [-0.05, 0) is 165 Å². The number of anilines is 6. The van der Waals surface area contributed by atoms with Gasteiger partial charge in [-0.15, -0.1) is 45.3 Å². The van der Waals surface area contributed by atoms with Gasteiger partial charge in [-0.2, -0.15) is 0 Å². The van der Waals surface area contributed by atoms with E-state index in [9.17, 15) is 0 Å². The highest BCUT2D eigenvalue weighted by molar-refractivity contribution is 7.23. The number of hydrogen-bond acceptors (Lipinski definition) is 6. The van der Waals surface area contributed by atoms with Crippen molar-refractivity contribution in [3.63, 3.8) is 0 Å². The van der Waals surface area contributed by atoms with Crippen LogP contribution >= 0.6 is 45.3 Å². The fourth-order valence-electron chi connectivity index (χ4n) is 9.24. The molecule has 2 nitrogen and oxygen atoms in total. The molecule has 6 heteroatoms. The second kappa shape index (κ2) is 17.3. The first-order chi connectivity index (χ1) is 33.6. The Hall–Kier alpha value is -7.58. The van der Waals surface area contributed by atoms with E-state index in [0.29, 0.717) is 0 Å². The summed E-state index contributed by atoms with van der Waals surface area (Å²) in [5.74, 6) is 0. The lowest BCUT2D eigenvalue weighted by atomic mass is 10.1. The fourth-order valence-corrected chi connectivity index (χ4v) is 13.5. The van der Waals surface area contributed by atoms with Gasteiger partial charge in [0.2, 0.25) is 0 Å². The summed E-state index contributed by atoms with van der Waals surface area (Å²) >= 11 is 7.37. The molecule has 0 spiro atoms. The summed E-state index contributed by atoms with van der Waals surface area (Å²) in [6, 6.07) is 89.0. The number of nitrogens with zero attached hydrogens (tertiary/aromatic N) is 2. The lowest BCUT2D eigenvalue weighted by Crippen LogP contribution is -2.12. The minimum atomic E-state index is 1.08. The summed E-state index contributed by atoms with van der Waals surface area (Å²) < 4.78 is 5.22. The Bertz CT molecular complexity index is 3270. The van der Waals surface area contributed by atoms with Crippen molar-refractivity contribution in [1.29, 1.82) is 0 Å². The first kappa shape index (κ1) is 40.7. The van der Waals surface area contributed by atoms with E-state index in [1.165, 1.54) is 82.1 Å². The lowest BCUT2D eigenvalue weighted by molar-refractivity contribution is 1.26. The first-order valence-corrected chi connectivity index (χ1v) is 26.0. The van der Waals surface area contributed by atoms with Crippen molar-refractivity contribution in [2.75, 3.05) is 9.80 Å². The van der Waals surface area contributed by atoms with Crippen LogP contribution in [-0.4, -0.2) is 0 Å². The van der Waals surface area contributed by atoms with Gasteiger partial charge in [-0.25, -0.2) is 0 Å². The summed E-state index contributed by atoms with van der Waals surface area (Å²) in [4.78, 5) is 9.84. The van der Waals surface area contributed by atoms with E-state index < -0.39 is 0 Å². The van der Waals surface area contributed by atoms with Crippen LogP contribution in [0.3, 0.4) is 0 Å². The summed E-state index contributed by atoms with van der Waals surface area (Å²) in [5.41, 5.74) is 11.4. The lowest BCUT2D eigenvalue weighted by Gasteiger charge is -2.28. The molecule has 9 aromatic carbocycles. The van der Waals surface area contributed by atoms with Crippen molar-refractivity contribution in [2.24, 2.45) is 0 Å². The van der Waals surface area contributed by atoms with Crippen LogP contribution in [0.4, 0.5) is 34.1 Å². The summed E-state index contributed by atoms with van der Waals surface area (Å²) in [5, 5.41) is 5.13. The third-order valence-electron chi connectivity index (χ3n) is 12.7. The highest BCUT2D eigenvalue weighted by Crippen LogP contribution is 2.44. The number of hydrogen-bond donors (Lipinski definition) is 0. The van der Waals surface area contributed by atoms with Gasteiger partial charge in [0.25, 0.3) is 0 Å². The molecule has 0 unspecified atom stereocenters. The molecule has 0 radical (unpaired) electrons. The third kappa shape index (κ3) is 7.67. The number of benzene rings is 9. The van der Waals surface area contributed by atoms with Crippen molar-refractivity contribution >= 4 is 120 Å². The van der Waals surface area contributed by atoms with Crippen LogP contribution in [-0.2, 0) is 0 Å². The molecule has 0 saturated carbocycles. The smallest absolute Gasteiger partial charge is 0.0463 e. The second-order valence-electron chi connectivity index (χ2n) is 17.0. The molecule has 0 fully saturated rings. The van der Waals surface area contributed by atoms with Crippen molar-refractivity contribution in [1.82, 2.24) is 0 Å². The molecule has 13 aromatic rings. The monoisotopic (exact) mass is 940 g/mol. The standard InChI is InChI=1S/C62H40N2S4/c1-5-13-55-45(9-1)37-59(65-55)41-17-25-49(26-18-41)63(50-27-19-42(20-28-50)60-38-46-10-2-6-14-56(46)66-60)53-33-35-54(36-34-53)64(51-29-21-43(22-30-51)61-39-47-11-3-7-15-57(47)67-61)52-31-23-44(24-32-52)62-40-48-12-4-8-16-58(48)68-62/h1-40H. The van der Waals surface area contributed by atoms with Gasteiger partial charge in [0.05, 0.1) is 0 Å². The molecule has 4 heterocycles. The highest BCUT2D eigenvalue weighted by atomic mass is 32.1. The molecular formula is C62H40N2S4. The largest absolute Gasteiger partial charge is 0.311 e. The van der Waals surface area contributed by atoms with E-state index in [4.69, 9.17) is 0 Å². The molecule has 4 aromatic heterocycles. The predicted molar refractivity (Wildman–Crippen MR) is 299 cm³/mol. The fraction of sp³-hybridized carbons (Fsp3) is 0. The van der Waals surface area contributed by atoms with E-state index in [-0.39, 0.29) is 0 Å². The molecule has 0 bridgehead atoms. The Morgan fingerprint density at radius 2 is 0.397 bits per heavy atom. The summed E-state index contributed by atoms with van der Waals surface area (Å²) in [7, 11) is 0. The van der Waals surface area contributed by atoms with Crippen LogP contribution in [0.2, 0.25) is 0 Å². The molecule has 0 N–H and O–H groups in total. The Morgan fingerprint density at radius 1 is 0.206 bits per heavy atom. The van der Waals surface area contributed by atoms with Crippen molar-refractivity contribution < 1.29 is 0 Å². The van der Waals surface area contributed by atoms with E-state index in [1.807, 2.05) is 45.3 Å². The zero-order valence-corrected chi connectivity index (χ0v) is 39.9. The van der Waals surface area contributed by atoms with Crippen molar-refractivity contribution in [3.8, 4) is 41.8 Å². The molecule has 68 heavy (non-hydrogen) atoms. The van der Waals surface area contributed by atoms with Gasteiger partial charge < -0.3 is 9.80 Å². The highest BCUT2D eigenvalue weighted by Gasteiger charge is 2.18. The normalized spacial score (nSPS) is 11.5. The van der Waals surface area contributed by atoms with E-state index in [1.54, 1.807) is 0 Å². The number of thiophene rings is 4. The molecule has 0 saturated heterocycles. The average Bonchev–Trinajstić information content (AvgIpc) is 4.23. The molecule has 0 aliphatic carbocycles. The van der Waals surface area contributed by atoms with Gasteiger partial charge >= 0.3 is 0 Å². The maximum atomic E-state index is 2.37. The minimum absolute atomic E-state index is 1.08. The van der Waals surface area contributed by atoms with Crippen LogP contribution in [0.15, 0.2) is 243 Å². The zero-order valence-electron chi connectivity index (χ0n) is 36.6. The third-order valence-corrected chi connectivity index (χ3v) is 17.4. The molecule has 0 aliphatic rings. The molecule has 0 aliphatic heterocycles. The molecule has 322 valence electrons. The Morgan fingerprint density at radius 3 is 0.603 bits per heavy atom. The summed E-state index contributed by atoms with van der Waals surface area (Å²) in [6.07, 6.45) is 0. The van der Waals surface area contributed by atoms with Gasteiger partial charge in [-0.1, -0.05) is 121 Å². The van der Waals surface area contributed by atoms with Crippen LogP contribution in [0, 0.1) is 0 Å². The van der Waals surface area contributed by atoms with E-state index in [0.717, 1.165) is 34.1 Å². The van der Waals surface area contributed by atoms with Crippen LogP contribution in [0.25, 0.3) is 82.1 Å². The SMILES string of the molecule is c1ccc2sc(-c3ccc(N(c4ccc(-c5cc6ccccc6s5)cc4)c4ccc(N(c5ccc(-c6cc7ccccc7s6)cc5)c5ccc(-c6cc7ccccc7s6)cc5)cc4)cc3)cc2c1. The van der Waals surface area contributed by atoms with Gasteiger partial charge in [0, 0.05) is 72.4 Å². The molecule has 13 rings (SSSR count). The Labute approximate surface area is 411 Å². The second-order valence-corrected chi connectivity index (χ2v) is 21.3. The Balaban J connectivity index is 0.877. The van der Waals surface area contributed by atoms with E-state index >= 15 is 0 Å². The van der Waals surface area contributed by atoms with Crippen molar-refractivity contribution in [3.05, 3.63) is 243 Å². The van der Waals surface area contributed by atoms with Crippen LogP contribution in [0.5, 0.6) is 0 Å². The number of fused-ring (bicyclic) bond motifs is 4. The van der Waals surface area contributed by atoms with Gasteiger partial charge in [0.1, 0.15) is 0 Å². The van der Waals surface area contributed by atoms with Crippen molar-refractivity contribution in [2.45, 2.75) is 0 Å². The van der Waals surface area contributed by atoms with Gasteiger partial charge in [-0.3, -0.25) is 0 Å². The summed E-state index contributed by atoms with van der Waals surface area (Å²) in [6.45, 7) is 0. The van der Waals surface area contributed by atoms with Crippen LogP contribution in [0.1, 0.15) is 0 Å². The average molecular weight is 941 g/mol. The molecular weight excluding hydrogens is 901 g/mol. The van der Waals surface area contributed by atoms with Crippen LogP contribution < -0.4 is 9.80 Å². The van der Waals surface area contributed by atoms with Gasteiger partial charge in [0.15, 0.2) is 0 Å². The van der Waals surface area contributed by atoms with E-state index in [2.05, 4.69) is 252 Å². The molecule has 0 atom stereocenters. The maximum Gasteiger partial charge on any atom is 0.0463 e. The topological polar surface area (TPSA) is 6.48 Å². The molecule has 0 amide bonds. The quantitative estimate of drug-likeness (QED) is 0.135. The Kier molecular flexibility index (Phi) is 10.3. The predicted octanol–water partition coefficient (Wildman–Crippen LogP) is 20.2. The zero-order chi connectivity index (χ0) is 45.0. The minimum Gasteiger partial charge on any atom is -0.311 e. The first-order valence-electron chi connectivity index (χ1n) is 22.7.